The molecule has 0 aromatic heterocycles. The molecule has 1 aromatic carbocycles. The van der Waals surface area contributed by atoms with Gasteiger partial charge in [-0.25, -0.2) is 14.1 Å². The summed E-state index contributed by atoms with van der Waals surface area (Å²) in [6.45, 7) is 1.17. The van der Waals surface area contributed by atoms with Gasteiger partial charge in [0.25, 0.3) is 0 Å². The van der Waals surface area contributed by atoms with Crippen molar-refractivity contribution < 1.29 is 23.6 Å². The zero-order valence-electron chi connectivity index (χ0n) is 14.5. The van der Waals surface area contributed by atoms with Gasteiger partial charge in [-0.2, -0.15) is 0 Å². The summed E-state index contributed by atoms with van der Waals surface area (Å²) in [5.74, 6) is -2.80. The van der Waals surface area contributed by atoms with Gasteiger partial charge < -0.3 is 5.32 Å². The van der Waals surface area contributed by atoms with Crippen molar-refractivity contribution in [3.8, 4) is 0 Å². The Morgan fingerprint density at radius 2 is 1.88 bits per heavy atom. The molecule has 1 aliphatic heterocycles. The number of rotatable bonds is 5. The summed E-state index contributed by atoms with van der Waals surface area (Å²) in [7, 11) is 0. The van der Waals surface area contributed by atoms with Gasteiger partial charge in [-0.1, -0.05) is 25.0 Å². The van der Waals surface area contributed by atoms with Gasteiger partial charge in [0.1, 0.15) is 12.4 Å². The first kappa shape index (κ1) is 18.0. The maximum atomic E-state index is 13.5. The van der Waals surface area contributed by atoms with Crippen molar-refractivity contribution in [2.45, 2.75) is 45.2 Å². The molecule has 1 aromatic rings. The Hall–Kier alpha value is -2.77. The van der Waals surface area contributed by atoms with Crippen LogP contribution in [0.1, 0.15) is 36.8 Å². The number of hydrogen-bond donors (Lipinski definition) is 1. The number of amides is 5. The van der Waals surface area contributed by atoms with Crippen LogP contribution in [0.2, 0.25) is 0 Å². The Morgan fingerprint density at radius 3 is 2.54 bits per heavy atom. The van der Waals surface area contributed by atoms with Crippen LogP contribution >= 0.6 is 0 Å². The zero-order chi connectivity index (χ0) is 18.8. The smallest absolute Gasteiger partial charge is 0.334 e. The maximum absolute atomic E-state index is 13.5. The minimum atomic E-state index is -0.974. The highest BCUT2D eigenvalue weighted by molar-refractivity contribution is 6.45. The van der Waals surface area contributed by atoms with Crippen molar-refractivity contribution in [1.29, 1.82) is 0 Å². The molecule has 26 heavy (non-hydrogen) atoms. The molecule has 7 nitrogen and oxygen atoms in total. The van der Waals surface area contributed by atoms with Crippen molar-refractivity contribution in [3.05, 3.63) is 35.1 Å². The molecule has 2 aliphatic rings. The van der Waals surface area contributed by atoms with Crippen LogP contribution in [0.4, 0.5) is 9.18 Å². The molecule has 1 saturated carbocycles. The monoisotopic (exact) mass is 361 g/mol. The molecular formula is C18H20FN3O4. The molecule has 1 saturated heterocycles. The van der Waals surface area contributed by atoms with Gasteiger partial charge in [0.2, 0.25) is 5.91 Å². The second kappa shape index (κ2) is 7.23. The van der Waals surface area contributed by atoms with Crippen LogP contribution in [0, 0.1) is 12.7 Å². The average Bonchev–Trinajstić information content (AvgIpc) is 3.20. The molecular weight excluding hydrogens is 341 g/mol. The van der Waals surface area contributed by atoms with Crippen molar-refractivity contribution in [3.63, 3.8) is 0 Å². The van der Waals surface area contributed by atoms with Crippen LogP contribution in [0.15, 0.2) is 18.2 Å². The number of hydrogen-bond acceptors (Lipinski definition) is 4. The molecule has 8 heteroatoms. The molecule has 0 spiro atoms. The third-order valence-corrected chi connectivity index (χ3v) is 4.80. The molecule has 0 bridgehead atoms. The molecule has 0 atom stereocenters. The highest BCUT2D eigenvalue weighted by atomic mass is 19.1. The van der Waals surface area contributed by atoms with Crippen molar-refractivity contribution in [1.82, 2.24) is 15.1 Å². The lowest BCUT2D eigenvalue weighted by molar-refractivity contribution is -0.144. The van der Waals surface area contributed by atoms with Gasteiger partial charge in [0, 0.05) is 12.6 Å². The minimum absolute atomic E-state index is 0.0620. The van der Waals surface area contributed by atoms with Gasteiger partial charge in [-0.3, -0.25) is 19.3 Å². The van der Waals surface area contributed by atoms with Crippen LogP contribution in [-0.4, -0.2) is 46.1 Å². The van der Waals surface area contributed by atoms with E-state index in [1.807, 2.05) is 0 Å². The molecule has 1 heterocycles. The number of carbonyl (C=O) groups excluding carboxylic acids is 4. The highest BCUT2D eigenvalue weighted by Crippen LogP contribution is 2.27. The van der Waals surface area contributed by atoms with E-state index in [9.17, 15) is 23.6 Å². The number of halogens is 1. The first-order chi connectivity index (χ1) is 12.4. The summed E-state index contributed by atoms with van der Waals surface area (Å²) >= 11 is 0. The Labute approximate surface area is 150 Å². The van der Waals surface area contributed by atoms with Crippen molar-refractivity contribution in [2.75, 3.05) is 6.54 Å². The van der Waals surface area contributed by atoms with Gasteiger partial charge in [0.15, 0.2) is 0 Å². The van der Waals surface area contributed by atoms with Gasteiger partial charge >= 0.3 is 17.8 Å². The van der Waals surface area contributed by atoms with E-state index in [2.05, 4.69) is 5.32 Å². The topological polar surface area (TPSA) is 86.8 Å². The van der Waals surface area contributed by atoms with E-state index in [4.69, 9.17) is 0 Å². The summed E-state index contributed by atoms with van der Waals surface area (Å²) in [6, 6.07) is 3.59. The Morgan fingerprint density at radius 1 is 1.19 bits per heavy atom. The molecule has 5 amide bonds. The number of imide groups is 2. The van der Waals surface area contributed by atoms with E-state index in [1.54, 1.807) is 19.1 Å². The fourth-order valence-corrected chi connectivity index (χ4v) is 3.29. The number of aryl methyl sites for hydroxylation is 1. The summed E-state index contributed by atoms with van der Waals surface area (Å²) in [5.41, 5.74) is 1.06. The fraction of sp³-hybridized carbons (Fsp3) is 0.444. The fourth-order valence-electron chi connectivity index (χ4n) is 3.29. The summed E-state index contributed by atoms with van der Waals surface area (Å²) < 4.78 is 13.5. The number of nitrogens with zero attached hydrogens (tertiary/aromatic N) is 2. The molecule has 3 rings (SSSR count). The van der Waals surface area contributed by atoms with E-state index >= 15 is 0 Å². The van der Waals surface area contributed by atoms with Crippen LogP contribution in [0.5, 0.6) is 0 Å². The molecule has 0 radical (unpaired) electrons. The number of benzene rings is 1. The lowest BCUT2D eigenvalue weighted by Gasteiger charge is -2.20. The Balaban J connectivity index is 1.59. The van der Waals surface area contributed by atoms with Crippen molar-refractivity contribution in [2.24, 2.45) is 0 Å². The van der Waals surface area contributed by atoms with Crippen LogP contribution in [-0.2, 0) is 20.9 Å². The lowest BCUT2D eigenvalue weighted by atomic mass is 10.1. The normalized spacial score (nSPS) is 18.2. The van der Waals surface area contributed by atoms with Gasteiger partial charge in [-0.15, -0.1) is 0 Å². The summed E-state index contributed by atoms with van der Waals surface area (Å²) in [5, 5.41) is 2.53. The average molecular weight is 361 g/mol. The molecule has 1 aliphatic carbocycles. The number of nitrogens with one attached hydrogen (secondary N) is 1. The first-order valence-corrected chi connectivity index (χ1v) is 8.59. The lowest BCUT2D eigenvalue weighted by Crippen LogP contribution is -2.43. The molecule has 138 valence electrons. The molecule has 2 fully saturated rings. The van der Waals surface area contributed by atoms with Crippen LogP contribution in [0.3, 0.4) is 0 Å². The van der Waals surface area contributed by atoms with E-state index in [0.717, 1.165) is 17.7 Å². The quantitative estimate of drug-likeness (QED) is 0.636. The number of urea groups is 1. The maximum Gasteiger partial charge on any atom is 0.334 e. The standard InChI is InChI=1S/C18H20FN3O4/c1-11-6-7-12(8-14(11)19)9-20-15(23)10-21-16(24)17(25)22(18(21)26)13-4-2-3-5-13/h6-8,13H,2-5,9-10H2,1H3,(H,20,23). The number of carbonyl (C=O) groups is 4. The van der Waals surface area contributed by atoms with Crippen molar-refractivity contribution >= 4 is 23.8 Å². The SMILES string of the molecule is Cc1ccc(CNC(=O)CN2C(=O)C(=O)N(C3CCCC3)C2=O)cc1F. The van der Waals surface area contributed by atoms with Gasteiger partial charge in [-0.05, 0) is 37.0 Å². The van der Waals surface area contributed by atoms with E-state index in [-0.39, 0.29) is 18.4 Å². The second-order valence-electron chi connectivity index (χ2n) is 6.65. The summed E-state index contributed by atoms with van der Waals surface area (Å²) in [4.78, 5) is 50.3. The van der Waals surface area contributed by atoms with E-state index < -0.39 is 30.3 Å². The highest BCUT2D eigenvalue weighted by Gasteiger charge is 2.48. The predicted molar refractivity (Wildman–Crippen MR) is 89.2 cm³/mol. The summed E-state index contributed by atoms with van der Waals surface area (Å²) in [6.07, 6.45) is 3.18. The third-order valence-electron chi connectivity index (χ3n) is 4.80. The minimum Gasteiger partial charge on any atom is -0.350 e. The Bertz CT molecular complexity index is 774. The van der Waals surface area contributed by atoms with Crippen LogP contribution < -0.4 is 5.32 Å². The Kier molecular flexibility index (Phi) is 5.01. The third kappa shape index (κ3) is 3.44. The van der Waals surface area contributed by atoms with E-state index in [1.165, 1.54) is 6.07 Å². The predicted octanol–water partition coefficient (Wildman–Crippen LogP) is 1.48. The van der Waals surface area contributed by atoms with Gasteiger partial charge in [0.05, 0.1) is 0 Å². The largest absolute Gasteiger partial charge is 0.350 e. The molecule has 0 unspecified atom stereocenters. The molecule has 1 N–H and O–H groups in total. The second-order valence-corrected chi connectivity index (χ2v) is 6.65. The first-order valence-electron chi connectivity index (χ1n) is 8.59. The van der Waals surface area contributed by atoms with E-state index in [0.29, 0.717) is 28.9 Å². The zero-order valence-corrected chi connectivity index (χ0v) is 14.5. The van der Waals surface area contributed by atoms with Crippen LogP contribution in [0.25, 0.3) is 0 Å².